The van der Waals surface area contributed by atoms with Crippen molar-refractivity contribution in [3.8, 4) is 28.7 Å². The number of rotatable bonds is 1. The van der Waals surface area contributed by atoms with Crippen molar-refractivity contribution in [2.45, 2.75) is 12.2 Å². The Morgan fingerprint density at radius 2 is 1.59 bits per heavy atom. The standard InChI is InChI=1S/C15H12O7/c16-6-4-9(19)12-10(5-6)22-15(14(21)13(12)20)11-7(17)2-1-3-8(11)18/h1-5,14-19,21H/t14-,15+/m0/s1. The zero-order valence-electron chi connectivity index (χ0n) is 11.1. The second-order valence-electron chi connectivity index (χ2n) is 4.90. The number of aromatic hydroxyl groups is 4. The summed E-state index contributed by atoms with van der Waals surface area (Å²) in [5.41, 5.74) is -0.423. The Balaban J connectivity index is 2.15. The van der Waals surface area contributed by atoms with Crippen LogP contribution in [0.25, 0.3) is 0 Å². The zero-order chi connectivity index (χ0) is 16.0. The van der Waals surface area contributed by atoms with Crippen LogP contribution in [-0.2, 0) is 0 Å². The van der Waals surface area contributed by atoms with Crippen LogP contribution < -0.4 is 4.74 Å². The number of hydrogen-bond acceptors (Lipinski definition) is 7. The van der Waals surface area contributed by atoms with Gasteiger partial charge in [0.2, 0.25) is 5.78 Å². The lowest BCUT2D eigenvalue weighted by Crippen LogP contribution is -2.36. The number of phenolic OH excluding ortho intramolecular Hbond substituents is 4. The van der Waals surface area contributed by atoms with E-state index in [0.717, 1.165) is 12.1 Å². The van der Waals surface area contributed by atoms with Gasteiger partial charge < -0.3 is 30.3 Å². The molecule has 0 amide bonds. The maximum atomic E-state index is 12.2. The fourth-order valence-electron chi connectivity index (χ4n) is 2.46. The van der Waals surface area contributed by atoms with Crippen molar-refractivity contribution in [2.24, 2.45) is 0 Å². The fraction of sp³-hybridized carbons (Fsp3) is 0.133. The number of ketones is 1. The van der Waals surface area contributed by atoms with Crippen LogP contribution >= 0.6 is 0 Å². The van der Waals surface area contributed by atoms with E-state index in [4.69, 9.17) is 4.74 Å². The van der Waals surface area contributed by atoms with Gasteiger partial charge in [-0.1, -0.05) is 6.07 Å². The summed E-state index contributed by atoms with van der Waals surface area (Å²) < 4.78 is 5.41. The van der Waals surface area contributed by atoms with Crippen molar-refractivity contribution in [2.75, 3.05) is 0 Å². The first kappa shape index (κ1) is 14.0. The first-order valence-electron chi connectivity index (χ1n) is 6.36. The molecule has 0 bridgehead atoms. The highest BCUT2D eigenvalue weighted by molar-refractivity contribution is 6.05. The summed E-state index contributed by atoms with van der Waals surface area (Å²) in [4.78, 5) is 12.2. The van der Waals surface area contributed by atoms with E-state index in [1.54, 1.807) is 0 Å². The summed E-state index contributed by atoms with van der Waals surface area (Å²) in [5, 5.41) is 49.0. The second-order valence-corrected chi connectivity index (χ2v) is 4.90. The zero-order valence-corrected chi connectivity index (χ0v) is 11.1. The number of hydrogen-bond donors (Lipinski definition) is 5. The number of aliphatic hydroxyl groups is 1. The van der Waals surface area contributed by atoms with Gasteiger partial charge in [0.15, 0.2) is 12.2 Å². The Morgan fingerprint density at radius 1 is 0.955 bits per heavy atom. The van der Waals surface area contributed by atoms with Crippen molar-refractivity contribution in [3.63, 3.8) is 0 Å². The molecule has 0 radical (unpaired) electrons. The van der Waals surface area contributed by atoms with E-state index >= 15 is 0 Å². The lowest BCUT2D eigenvalue weighted by molar-refractivity contribution is 0.0195. The number of fused-ring (bicyclic) bond motifs is 1. The monoisotopic (exact) mass is 304 g/mol. The molecular formula is C15H12O7. The lowest BCUT2D eigenvalue weighted by Gasteiger charge is -2.30. The lowest BCUT2D eigenvalue weighted by atomic mass is 9.92. The van der Waals surface area contributed by atoms with Gasteiger partial charge in [-0.2, -0.15) is 0 Å². The van der Waals surface area contributed by atoms with E-state index in [2.05, 4.69) is 0 Å². The molecule has 0 fully saturated rings. The number of carbonyl (C=O) groups excluding carboxylic acids is 1. The van der Waals surface area contributed by atoms with Crippen LogP contribution in [0.5, 0.6) is 28.7 Å². The molecule has 5 N–H and O–H groups in total. The van der Waals surface area contributed by atoms with Gasteiger partial charge in [0.05, 0.1) is 5.56 Å². The molecule has 0 saturated heterocycles. The van der Waals surface area contributed by atoms with E-state index in [0.29, 0.717) is 0 Å². The summed E-state index contributed by atoms with van der Waals surface area (Å²) in [6.07, 6.45) is -3.11. The van der Waals surface area contributed by atoms with E-state index in [1.807, 2.05) is 0 Å². The minimum atomic E-state index is -1.73. The predicted molar refractivity (Wildman–Crippen MR) is 73.2 cm³/mol. The molecule has 114 valence electrons. The molecule has 0 spiro atoms. The van der Waals surface area contributed by atoms with Crippen molar-refractivity contribution in [3.05, 3.63) is 41.5 Å². The molecule has 1 aliphatic heterocycles. The molecule has 0 unspecified atom stereocenters. The van der Waals surface area contributed by atoms with Crippen molar-refractivity contribution in [1.82, 2.24) is 0 Å². The molecule has 1 aliphatic rings. The summed E-state index contributed by atoms with van der Waals surface area (Å²) in [5.74, 6) is -2.57. The quantitative estimate of drug-likeness (QED) is 0.535. The van der Waals surface area contributed by atoms with Crippen LogP contribution in [0.2, 0.25) is 0 Å². The molecule has 2 atom stereocenters. The van der Waals surface area contributed by atoms with Crippen molar-refractivity contribution < 1.29 is 35.1 Å². The van der Waals surface area contributed by atoms with E-state index in [-0.39, 0.29) is 34.1 Å². The summed E-state index contributed by atoms with van der Waals surface area (Å²) >= 11 is 0. The minimum absolute atomic E-state index is 0.152. The Kier molecular flexibility index (Phi) is 3.07. The Hall–Kier alpha value is -2.93. The van der Waals surface area contributed by atoms with Crippen LogP contribution in [0.3, 0.4) is 0 Å². The Bertz CT molecular complexity index is 748. The number of phenols is 4. The van der Waals surface area contributed by atoms with Crippen LogP contribution in [0.1, 0.15) is 22.0 Å². The second kappa shape index (κ2) is 4.81. The van der Waals surface area contributed by atoms with E-state index in [9.17, 15) is 30.3 Å². The predicted octanol–water partition coefficient (Wildman–Crippen LogP) is 1.19. The first-order valence-corrected chi connectivity index (χ1v) is 6.36. The van der Waals surface area contributed by atoms with Gasteiger partial charge in [-0.25, -0.2) is 0 Å². The van der Waals surface area contributed by atoms with Gasteiger partial charge in [0.25, 0.3) is 0 Å². The minimum Gasteiger partial charge on any atom is -0.508 e. The molecule has 2 aromatic carbocycles. The van der Waals surface area contributed by atoms with E-state index < -0.39 is 23.7 Å². The largest absolute Gasteiger partial charge is 0.508 e. The number of benzene rings is 2. The first-order chi connectivity index (χ1) is 10.4. The topological polar surface area (TPSA) is 127 Å². The van der Waals surface area contributed by atoms with Gasteiger partial charge in [-0.15, -0.1) is 0 Å². The third kappa shape index (κ3) is 1.99. The molecule has 7 nitrogen and oxygen atoms in total. The number of Topliss-reactive ketones (excluding diaryl/α,β-unsaturated/α-hetero) is 1. The summed E-state index contributed by atoms with van der Waals surface area (Å²) in [6, 6.07) is 5.97. The van der Waals surface area contributed by atoms with Crippen LogP contribution in [0, 0.1) is 0 Å². The average molecular weight is 304 g/mol. The number of carbonyl (C=O) groups is 1. The molecule has 3 rings (SSSR count). The fourth-order valence-corrected chi connectivity index (χ4v) is 2.46. The third-order valence-electron chi connectivity index (χ3n) is 3.47. The summed E-state index contributed by atoms with van der Waals surface area (Å²) in [6.45, 7) is 0. The smallest absolute Gasteiger partial charge is 0.202 e. The SMILES string of the molecule is O=C1c2c(O)cc(O)cc2O[C@H](c2c(O)cccc2O)[C@H]1O. The molecule has 2 aromatic rings. The normalized spacial score (nSPS) is 20.3. The highest BCUT2D eigenvalue weighted by Crippen LogP contribution is 2.45. The number of ether oxygens (including phenoxy) is 1. The van der Waals surface area contributed by atoms with Gasteiger partial charge in [-0.3, -0.25) is 4.79 Å². The van der Waals surface area contributed by atoms with Crippen LogP contribution in [0.15, 0.2) is 30.3 Å². The van der Waals surface area contributed by atoms with Crippen LogP contribution in [-0.4, -0.2) is 37.4 Å². The maximum Gasteiger partial charge on any atom is 0.202 e. The maximum absolute atomic E-state index is 12.2. The highest BCUT2D eigenvalue weighted by Gasteiger charge is 2.41. The molecule has 22 heavy (non-hydrogen) atoms. The van der Waals surface area contributed by atoms with Crippen molar-refractivity contribution >= 4 is 5.78 Å². The molecule has 7 heteroatoms. The Morgan fingerprint density at radius 3 is 2.23 bits per heavy atom. The van der Waals surface area contributed by atoms with Gasteiger partial charge in [0, 0.05) is 12.1 Å². The molecule has 0 saturated carbocycles. The van der Waals surface area contributed by atoms with Gasteiger partial charge in [0.1, 0.15) is 34.3 Å². The third-order valence-corrected chi connectivity index (χ3v) is 3.47. The Labute approximate surface area is 124 Å². The molecule has 0 aromatic heterocycles. The number of aliphatic hydroxyl groups excluding tert-OH is 1. The van der Waals surface area contributed by atoms with Gasteiger partial charge in [-0.05, 0) is 12.1 Å². The molecule has 1 heterocycles. The van der Waals surface area contributed by atoms with E-state index in [1.165, 1.54) is 18.2 Å². The molecule has 0 aliphatic carbocycles. The summed E-state index contributed by atoms with van der Waals surface area (Å²) in [7, 11) is 0. The van der Waals surface area contributed by atoms with Crippen molar-refractivity contribution in [1.29, 1.82) is 0 Å². The average Bonchev–Trinajstić information content (AvgIpc) is 2.43. The highest BCUT2D eigenvalue weighted by atomic mass is 16.5. The van der Waals surface area contributed by atoms with Crippen LogP contribution in [0.4, 0.5) is 0 Å². The molecular weight excluding hydrogens is 292 g/mol. The van der Waals surface area contributed by atoms with Gasteiger partial charge >= 0.3 is 0 Å².